The van der Waals surface area contributed by atoms with E-state index in [9.17, 15) is 8.78 Å². The van der Waals surface area contributed by atoms with E-state index in [1.54, 1.807) is 0 Å². The van der Waals surface area contributed by atoms with E-state index in [0.29, 0.717) is 10.9 Å². The smallest absolute Gasteiger partial charge is 0.143 e. The van der Waals surface area contributed by atoms with Crippen molar-refractivity contribution in [2.45, 2.75) is 40.0 Å². The molecule has 0 spiro atoms. The molecule has 19 heavy (non-hydrogen) atoms. The summed E-state index contributed by atoms with van der Waals surface area (Å²) in [6.07, 6.45) is 2.33. The number of benzene rings is 1. The summed E-state index contributed by atoms with van der Waals surface area (Å²) in [6, 6.07) is 2.73. The Hall–Kier alpha value is -0.480. The van der Waals surface area contributed by atoms with Crippen molar-refractivity contribution in [2.24, 2.45) is 5.41 Å². The lowest BCUT2D eigenvalue weighted by molar-refractivity contribution is 0.283. The average Bonchev–Trinajstić information content (AvgIpc) is 2.40. The van der Waals surface area contributed by atoms with Crippen molar-refractivity contribution >= 4 is 15.9 Å². The Balaban J connectivity index is 2.89. The van der Waals surface area contributed by atoms with Crippen LogP contribution in [0, 0.1) is 17.0 Å². The van der Waals surface area contributed by atoms with E-state index in [4.69, 9.17) is 0 Å². The Bertz CT molecular complexity index is 423. The Kier molecular flexibility index (Phi) is 6.40. The van der Waals surface area contributed by atoms with Crippen LogP contribution in [-0.2, 0) is 6.42 Å². The van der Waals surface area contributed by atoms with Gasteiger partial charge in [0.1, 0.15) is 11.6 Å². The maximum absolute atomic E-state index is 14.0. The minimum atomic E-state index is -0.477. The maximum atomic E-state index is 14.0. The summed E-state index contributed by atoms with van der Waals surface area (Å²) in [4.78, 5) is 0. The molecule has 1 N–H and O–H groups in total. The SMILES string of the molecule is CCCNCC(C)(CC)Cc1c(F)ccc(Br)c1F. The fourth-order valence-corrected chi connectivity index (χ4v) is 2.41. The molecular weight excluding hydrogens is 312 g/mol. The quantitative estimate of drug-likeness (QED) is 0.564. The highest BCUT2D eigenvalue weighted by Crippen LogP contribution is 2.30. The molecule has 1 atom stereocenters. The molecule has 0 saturated heterocycles. The van der Waals surface area contributed by atoms with Crippen LogP contribution in [0.25, 0.3) is 0 Å². The lowest BCUT2D eigenvalue weighted by Gasteiger charge is -2.29. The third kappa shape index (κ3) is 4.53. The summed E-state index contributed by atoms with van der Waals surface area (Å²) in [5.74, 6) is -0.939. The van der Waals surface area contributed by atoms with Gasteiger partial charge in [0.15, 0.2) is 0 Å². The summed E-state index contributed by atoms with van der Waals surface area (Å²) in [5.41, 5.74) is 0.0366. The highest BCUT2D eigenvalue weighted by molar-refractivity contribution is 9.10. The Morgan fingerprint density at radius 1 is 1.26 bits per heavy atom. The van der Waals surface area contributed by atoms with Gasteiger partial charge in [0.25, 0.3) is 0 Å². The van der Waals surface area contributed by atoms with Crippen LogP contribution >= 0.6 is 15.9 Å². The normalized spacial score (nSPS) is 14.4. The van der Waals surface area contributed by atoms with Gasteiger partial charge in [0, 0.05) is 12.1 Å². The third-order valence-electron chi connectivity index (χ3n) is 3.57. The first-order valence-electron chi connectivity index (χ1n) is 6.76. The molecule has 0 bridgehead atoms. The Labute approximate surface area is 122 Å². The number of nitrogens with one attached hydrogen (secondary N) is 1. The molecule has 1 nitrogen and oxygen atoms in total. The largest absolute Gasteiger partial charge is 0.316 e. The van der Waals surface area contributed by atoms with E-state index < -0.39 is 11.6 Å². The molecule has 0 amide bonds. The van der Waals surface area contributed by atoms with Gasteiger partial charge >= 0.3 is 0 Å². The molecule has 0 aromatic heterocycles. The third-order valence-corrected chi connectivity index (χ3v) is 4.19. The molecule has 0 heterocycles. The zero-order valence-corrected chi connectivity index (χ0v) is 13.4. The predicted octanol–water partition coefficient (Wildman–Crippen LogP) is 4.69. The van der Waals surface area contributed by atoms with Crippen LogP contribution in [0.3, 0.4) is 0 Å². The van der Waals surface area contributed by atoms with Crippen molar-refractivity contribution in [2.75, 3.05) is 13.1 Å². The lowest BCUT2D eigenvalue weighted by Crippen LogP contribution is -2.34. The van der Waals surface area contributed by atoms with E-state index >= 15 is 0 Å². The average molecular weight is 334 g/mol. The van der Waals surface area contributed by atoms with Crippen molar-refractivity contribution in [3.8, 4) is 0 Å². The molecule has 0 radical (unpaired) electrons. The standard InChI is InChI=1S/C15H22BrF2N/c1-4-8-19-10-15(3,5-2)9-11-13(17)7-6-12(16)14(11)18/h6-7,19H,4-5,8-10H2,1-3H3. The predicted molar refractivity (Wildman–Crippen MR) is 79.3 cm³/mol. The van der Waals surface area contributed by atoms with Crippen molar-refractivity contribution < 1.29 is 8.78 Å². The lowest BCUT2D eigenvalue weighted by atomic mass is 9.80. The molecule has 1 unspecified atom stereocenters. The topological polar surface area (TPSA) is 12.0 Å². The minimum Gasteiger partial charge on any atom is -0.316 e. The molecule has 1 aromatic rings. The fourth-order valence-electron chi connectivity index (χ4n) is 2.04. The molecule has 0 fully saturated rings. The molecule has 0 aliphatic rings. The Morgan fingerprint density at radius 2 is 1.95 bits per heavy atom. The van der Waals surface area contributed by atoms with Gasteiger partial charge in [0.05, 0.1) is 4.47 Å². The summed E-state index contributed by atoms with van der Waals surface area (Å²) >= 11 is 3.12. The van der Waals surface area contributed by atoms with Crippen molar-refractivity contribution in [1.29, 1.82) is 0 Å². The molecule has 4 heteroatoms. The van der Waals surface area contributed by atoms with E-state index in [2.05, 4.69) is 42.0 Å². The van der Waals surface area contributed by atoms with Crippen LogP contribution in [0.5, 0.6) is 0 Å². The van der Waals surface area contributed by atoms with Gasteiger partial charge < -0.3 is 5.32 Å². The van der Waals surface area contributed by atoms with E-state index in [1.165, 1.54) is 12.1 Å². The summed E-state index contributed by atoms with van der Waals surface area (Å²) in [5, 5.41) is 3.34. The first kappa shape index (κ1) is 16.6. The van der Waals surface area contributed by atoms with Crippen molar-refractivity contribution in [3.63, 3.8) is 0 Å². The van der Waals surface area contributed by atoms with Gasteiger partial charge in [-0.05, 0) is 59.3 Å². The number of halogens is 3. The highest BCUT2D eigenvalue weighted by atomic mass is 79.9. The van der Waals surface area contributed by atoms with E-state index in [0.717, 1.165) is 25.9 Å². The molecular formula is C15H22BrF2N. The van der Waals surface area contributed by atoms with Crippen LogP contribution in [0.2, 0.25) is 0 Å². The van der Waals surface area contributed by atoms with Crippen LogP contribution in [-0.4, -0.2) is 13.1 Å². The Morgan fingerprint density at radius 3 is 2.53 bits per heavy atom. The molecule has 1 rings (SSSR count). The number of rotatable bonds is 7. The van der Waals surface area contributed by atoms with Gasteiger partial charge in [-0.15, -0.1) is 0 Å². The van der Waals surface area contributed by atoms with Crippen LogP contribution < -0.4 is 5.32 Å². The highest BCUT2D eigenvalue weighted by Gasteiger charge is 2.26. The van der Waals surface area contributed by atoms with E-state index in [-0.39, 0.29) is 11.0 Å². The molecule has 0 aliphatic heterocycles. The first-order chi connectivity index (χ1) is 8.93. The maximum Gasteiger partial charge on any atom is 0.143 e. The number of hydrogen-bond donors (Lipinski definition) is 1. The summed E-state index contributed by atoms with van der Waals surface area (Å²) < 4.78 is 28.1. The fraction of sp³-hybridized carbons (Fsp3) is 0.600. The first-order valence-corrected chi connectivity index (χ1v) is 7.56. The van der Waals surface area contributed by atoms with Crippen LogP contribution in [0.1, 0.15) is 39.2 Å². The van der Waals surface area contributed by atoms with Gasteiger partial charge in [-0.2, -0.15) is 0 Å². The van der Waals surface area contributed by atoms with Gasteiger partial charge in [-0.1, -0.05) is 20.8 Å². The second kappa shape index (κ2) is 7.34. The van der Waals surface area contributed by atoms with Crippen LogP contribution in [0.4, 0.5) is 8.78 Å². The summed E-state index contributed by atoms with van der Waals surface area (Å²) in [6.45, 7) is 7.92. The summed E-state index contributed by atoms with van der Waals surface area (Å²) in [7, 11) is 0. The second-order valence-electron chi connectivity index (χ2n) is 5.34. The molecule has 0 saturated carbocycles. The molecule has 108 valence electrons. The second-order valence-corrected chi connectivity index (χ2v) is 6.19. The zero-order valence-electron chi connectivity index (χ0n) is 11.8. The zero-order chi connectivity index (χ0) is 14.5. The molecule has 0 aliphatic carbocycles. The monoisotopic (exact) mass is 333 g/mol. The van der Waals surface area contributed by atoms with Gasteiger partial charge in [0.2, 0.25) is 0 Å². The van der Waals surface area contributed by atoms with Crippen LogP contribution in [0.15, 0.2) is 16.6 Å². The van der Waals surface area contributed by atoms with Crippen molar-refractivity contribution in [3.05, 3.63) is 33.8 Å². The van der Waals surface area contributed by atoms with E-state index in [1.807, 2.05) is 0 Å². The van der Waals surface area contributed by atoms with Gasteiger partial charge in [-0.25, -0.2) is 8.78 Å². The number of hydrogen-bond acceptors (Lipinski definition) is 1. The molecule has 1 aromatic carbocycles. The van der Waals surface area contributed by atoms with Gasteiger partial charge in [-0.3, -0.25) is 0 Å². The van der Waals surface area contributed by atoms with Crippen molar-refractivity contribution in [1.82, 2.24) is 5.32 Å². The minimum absolute atomic E-state index is 0.141.